The molecule has 4 atom stereocenters. The van der Waals surface area contributed by atoms with Crippen molar-refractivity contribution >= 4 is 14.0 Å². The van der Waals surface area contributed by atoms with E-state index in [0.717, 1.165) is 30.9 Å². The van der Waals surface area contributed by atoms with Crippen molar-refractivity contribution in [3.05, 3.63) is 58.8 Å². The maximum Gasteiger partial charge on any atom is 0.306 e. The summed E-state index contributed by atoms with van der Waals surface area (Å²) in [6.07, 6.45) is 6.44. The fraction of sp³-hybridized carbons (Fsp3) is 0.536. The topological polar surface area (TPSA) is 46.5 Å². The van der Waals surface area contributed by atoms with Gasteiger partial charge in [0.2, 0.25) is 0 Å². The van der Waals surface area contributed by atoms with E-state index >= 15 is 0 Å². The van der Waals surface area contributed by atoms with Crippen LogP contribution in [0.4, 0.5) is 0 Å². The average Bonchev–Trinajstić information content (AvgIpc) is 2.72. The molecule has 1 aromatic rings. The molecule has 2 rings (SSSR count). The standard InChI is InChI=1S/C28H40O3Si/c1-21(24(4)29)18-22(2)28-23(3)19-26(16-12-7-8-13-17-27(30)31-28)32(5,6)20-25-14-10-9-11-15-25/h9-11,14-15,18-19,21,23-24,28-29H,7-8,13,17,20H2,1-6H3/b22-18+,26-19+/t21-,23-,24+,28?/m0/s1. The number of rotatable bonds is 6. The lowest BCUT2D eigenvalue weighted by Gasteiger charge is -2.28. The van der Waals surface area contributed by atoms with Gasteiger partial charge in [0.15, 0.2) is 0 Å². The molecule has 1 heterocycles. The zero-order chi connectivity index (χ0) is 23.7. The van der Waals surface area contributed by atoms with Crippen LogP contribution in [0.15, 0.2) is 53.3 Å². The highest BCUT2D eigenvalue weighted by molar-refractivity contribution is 6.84. The van der Waals surface area contributed by atoms with Crippen LogP contribution in [0.3, 0.4) is 0 Å². The Morgan fingerprint density at radius 1 is 1.25 bits per heavy atom. The van der Waals surface area contributed by atoms with E-state index in [1.165, 1.54) is 10.8 Å². The van der Waals surface area contributed by atoms with Gasteiger partial charge in [-0.1, -0.05) is 86.8 Å². The highest BCUT2D eigenvalue weighted by Crippen LogP contribution is 2.27. The fourth-order valence-electron chi connectivity index (χ4n) is 4.09. The van der Waals surface area contributed by atoms with Gasteiger partial charge in [0.05, 0.1) is 14.2 Å². The maximum atomic E-state index is 12.6. The summed E-state index contributed by atoms with van der Waals surface area (Å²) in [7, 11) is -1.85. The summed E-state index contributed by atoms with van der Waals surface area (Å²) >= 11 is 0. The summed E-state index contributed by atoms with van der Waals surface area (Å²) in [6.45, 7) is 12.6. The van der Waals surface area contributed by atoms with Gasteiger partial charge in [-0.3, -0.25) is 4.79 Å². The second-order valence-electron chi connectivity index (χ2n) is 9.92. The lowest BCUT2D eigenvalue weighted by Crippen LogP contribution is -2.34. The summed E-state index contributed by atoms with van der Waals surface area (Å²) in [6, 6.07) is 11.6. The highest BCUT2D eigenvalue weighted by atomic mass is 28.3. The summed E-state index contributed by atoms with van der Waals surface area (Å²) in [5.74, 6) is 6.77. The van der Waals surface area contributed by atoms with E-state index in [-0.39, 0.29) is 23.9 Å². The molecule has 0 amide bonds. The number of ether oxygens (including phenoxy) is 1. The van der Waals surface area contributed by atoms with Crippen LogP contribution >= 0.6 is 0 Å². The van der Waals surface area contributed by atoms with E-state index in [1.807, 2.05) is 19.9 Å². The number of benzene rings is 1. The molecule has 1 aliphatic heterocycles. The van der Waals surface area contributed by atoms with Gasteiger partial charge in [-0.15, -0.1) is 0 Å². The Hall–Kier alpha value is -2.09. The quantitative estimate of drug-likeness (QED) is 0.248. The molecule has 0 aromatic heterocycles. The van der Waals surface area contributed by atoms with E-state index in [1.54, 1.807) is 6.92 Å². The Kier molecular flexibility index (Phi) is 10.00. The molecule has 1 N–H and O–H groups in total. The van der Waals surface area contributed by atoms with E-state index in [2.05, 4.69) is 68.3 Å². The first-order valence-corrected chi connectivity index (χ1v) is 15.1. The molecule has 0 radical (unpaired) electrons. The second-order valence-corrected chi connectivity index (χ2v) is 14.6. The number of aliphatic hydroxyl groups is 1. The van der Waals surface area contributed by atoms with Crippen molar-refractivity contribution in [3.8, 4) is 11.8 Å². The molecule has 32 heavy (non-hydrogen) atoms. The van der Waals surface area contributed by atoms with E-state index < -0.39 is 14.2 Å². The Morgan fingerprint density at radius 3 is 2.59 bits per heavy atom. The van der Waals surface area contributed by atoms with Crippen LogP contribution in [-0.4, -0.2) is 31.4 Å². The van der Waals surface area contributed by atoms with Crippen molar-refractivity contribution in [2.24, 2.45) is 11.8 Å². The third-order valence-corrected chi connectivity index (χ3v) is 9.32. The van der Waals surface area contributed by atoms with Gasteiger partial charge in [0.25, 0.3) is 0 Å². The molecule has 1 unspecified atom stereocenters. The number of hydrogen-bond donors (Lipinski definition) is 1. The number of esters is 1. The SMILES string of the molecule is C/C(=C\[C@H](C)[C@@H](C)O)C1OC(=O)CCCCC#C/C([Si](C)(C)Cc2ccccc2)=C\[C@@H]1C. The van der Waals surface area contributed by atoms with Crippen LogP contribution in [-0.2, 0) is 15.6 Å². The van der Waals surface area contributed by atoms with Gasteiger partial charge in [0, 0.05) is 24.7 Å². The van der Waals surface area contributed by atoms with E-state index in [0.29, 0.717) is 6.42 Å². The summed E-state index contributed by atoms with van der Waals surface area (Å²) in [4.78, 5) is 12.6. The van der Waals surface area contributed by atoms with Gasteiger partial charge >= 0.3 is 5.97 Å². The summed E-state index contributed by atoms with van der Waals surface area (Å²) in [5.41, 5.74) is 2.33. The third-order valence-electron chi connectivity index (χ3n) is 6.27. The van der Waals surface area contributed by atoms with E-state index in [4.69, 9.17) is 4.74 Å². The third kappa shape index (κ3) is 8.11. The fourth-order valence-corrected chi connectivity index (χ4v) is 6.68. The number of carbonyl (C=O) groups excluding carboxylic acids is 1. The van der Waals surface area contributed by atoms with Gasteiger partial charge in [0.1, 0.15) is 6.10 Å². The molecule has 0 fully saturated rings. The van der Waals surface area contributed by atoms with Crippen LogP contribution in [0.5, 0.6) is 0 Å². The molecular weight excluding hydrogens is 412 g/mol. The van der Waals surface area contributed by atoms with Crippen molar-refractivity contribution in [2.45, 2.75) is 84.7 Å². The smallest absolute Gasteiger partial charge is 0.306 e. The summed E-state index contributed by atoms with van der Waals surface area (Å²) < 4.78 is 5.99. The number of cyclic esters (lactones) is 1. The highest BCUT2D eigenvalue weighted by Gasteiger charge is 2.29. The number of aliphatic hydroxyl groups excluding tert-OH is 1. The van der Waals surface area contributed by atoms with Crippen molar-refractivity contribution in [1.29, 1.82) is 0 Å². The van der Waals surface area contributed by atoms with Crippen LogP contribution < -0.4 is 0 Å². The minimum atomic E-state index is -1.85. The molecule has 0 spiro atoms. The van der Waals surface area contributed by atoms with Crippen LogP contribution in [0.1, 0.15) is 58.9 Å². The zero-order valence-corrected chi connectivity index (χ0v) is 21.7. The average molecular weight is 453 g/mol. The van der Waals surface area contributed by atoms with Crippen molar-refractivity contribution in [2.75, 3.05) is 0 Å². The van der Waals surface area contributed by atoms with Gasteiger partial charge in [-0.2, -0.15) is 0 Å². The minimum Gasteiger partial charge on any atom is -0.457 e. The van der Waals surface area contributed by atoms with Crippen molar-refractivity contribution < 1.29 is 14.6 Å². The normalized spacial score (nSPS) is 24.5. The maximum absolute atomic E-state index is 12.6. The Labute approximate surface area is 196 Å². The molecule has 3 nitrogen and oxygen atoms in total. The molecule has 0 saturated heterocycles. The minimum absolute atomic E-state index is 0.00248. The van der Waals surface area contributed by atoms with Gasteiger partial charge in [-0.25, -0.2) is 0 Å². The lowest BCUT2D eigenvalue weighted by atomic mass is 9.93. The Morgan fingerprint density at radius 2 is 1.94 bits per heavy atom. The van der Waals surface area contributed by atoms with E-state index in [9.17, 15) is 9.90 Å². The van der Waals surface area contributed by atoms with Crippen LogP contribution in [0.2, 0.25) is 13.1 Å². The van der Waals surface area contributed by atoms with Gasteiger partial charge in [-0.05, 0) is 43.5 Å². The Balaban J connectivity index is 2.43. The molecule has 0 saturated carbocycles. The number of allylic oxidation sites excluding steroid dienone is 1. The van der Waals surface area contributed by atoms with Crippen molar-refractivity contribution in [3.63, 3.8) is 0 Å². The number of carbonyl (C=O) groups is 1. The Bertz CT molecular complexity index is 871. The molecule has 0 bridgehead atoms. The monoisotopic (exact) mass is 452 g/mol. The second kappa shape index (κ2) is 12.2. The van der Waals surface area contributed by atoms with Crippen molar-refractivity contribution in [1.82, 2.24) is 0 Å². The molecule has 174 valence electrons. The molecule has 4 heteroatoms. The first-order valence-electron chi connectivity index (χ1n) is 11.9. The van der Waals surface area contributed by atoms with Crippen LogP contribution in [0, 0.1) is 23.7 Å². The molecule has 1 aromatic carbocycles. The zero-order valence-electron chi connectivity index (χ0n) is 20.7. The first kappa shape index (κ1) is 26.2. The molecular formula is C28H40O3Si. The largest absolute Gasteiger partial charge is 0.457 e. The lowest BCUT2D eigenvalue weighted by molar-refractivity contribution is -0.148. The molecule has 1 aliphatic rings. The van der Waals surface area contributed by atoms with Gasteiger partial charge < -0.3 is 9.84 Å². The summed E-state index contributed by atoms with van der Waals surface area (Å²) in [5, 5.41) is 11.2. The first-order chi connectivity index (χ1) is 15.1. The van der Waals surface area contributed by atoms with Crippen LogP contribution in [0.25, 0.3) is 0 Å². The predicted octanol–water partition coefficient (Wildman–Crippen LogP) is 6.03. The number of hydrogen-bond acceptors (Lipinski definition) is 3. The predicted molar refractivity (Wildman–Crippen MR) is 136 cm³/mol. The molecule has 0 aliphatic carbocycles.